The molecule has 0 N–H and O–H groups in total. The number of carbonyl (C=O) groups is 1. The molecule has 1 fully saturated rings. The summed E-state index contributed by atoms with van der Waals surface area (Å²) in [5.41, 5.74) is 4.76. The minimum absolute atomic E-state index is 0.133. The Morgan fingerprint density at radius 1 is 1.00 bits per heavy atom. The second-order valence-electron chi connectivity index (χ2n) is 8.54. The van der Waals surface area contributed by atoms with E-state index in [1.807, 2.05) is 75.2 Å². The molecule has 1 saturated heterocycles. The SMILES string of the molecule is CC.Cc1ccc2cc1CN1CCN(CC1=O)Cc1cnc(C)n1Cc1ccc(C#N)c(c1)O2. The van der Waals surface area contributed by atoms with Crippen molar-refractivity contribution in [2.45, 2.75) is 47.3 Å². The Bertz CT molecular complexity index is 1240. The van der Waals surface area contributed by atoms with Crippen molar-refractivity contribution in [3.8, 4) is 17.6 Å². The highest BCUT2D eigenvalue weighted by Gasteiger charge is 2.26. The minimum atomic E-state index is 0.133. The zero-order chi connectivity index (χ0) is 24.2. The number of rotatable bonds is 0. The Balaban J connectivity index is 0.00000133. The summed E-state index contributed by atoms with van der Waals surface area (Å²) in [6, 6.07) is 13.8. The van der Waals surface area contributed by atoms with Crippen LogP contribution in [0.15, 0.2) is 42.6 Å². The van der Waals surface area contributed by atoms with Crippen molar-refractivity contribution in [2.24, 2.45) is 0 Å². The van der Waals surface area contributed by atoms with Crippen LogP contribution in [-0.4, -0.2) is 44.9 Å². The van der Waals surface area contributed by atoms with Gasteiger partial charge in [-0.2, -0.15) is 5.26 Å². The molecule has 176 valence electrons. The number of ether oxygens (including phenoxy) is 1. The van der Waals surface area contributed by atoms with E-state index in [9.17, 15) is 10.1 Å². The van der Waals surface area contributed by atoms with E-state index in [0.717, 1.165) is 34.8 Å². The molecule has 7 nitrogen and oxygen atoms in total. The molecule has 1 aromatic heterocycles. The Hall–Kier alpha value is -3.63. The summed E-state index contributed by atoms with van der Waals surface area (Å²) in [5, 5.41) is 9.60. The second kappa shape index (κ2) is 10.1. The molecule has 1 amide bonds. The molecular weight excluding hydrogens is 426 g/mol. The van der Waals surface area contributed by atoms with Gasteiger partial charge in [-0.1, -0.05) is 26.0 Å². The van der Waals surface area contributed by atoms with Crippen LogP contribution in [0.3, 0.4) is 0 Å². The number of amides is 1. The third kappa shape index (κ3) is 4.82. The van der Waals surface area contributed by atoms with Crippen LogP contribution in [0.1, 0.15) is 47.6 Å². The van der Waals surface area contributed by atoms with Crippen molar-refractivity contribution in [3.05, 3.63) is 76.4 Å². The molecular formula is C27H31N5O2. The van der Waals surface area contributed by atoms with Gasteiger partial charge in [0.15, 0.2) is 0 Å². The van der Waals surface area contributed by atoms with Crippen LogP contribution < -0.4 is 4.74 Å². The van der Waals surface area contributed by atoms with Gasteiger partial charge >= 0.3 is 0 Å². The third-order valence-electron chi connectivity index (χ3n) is 6.34. The quantitative estimate of drug-likeness (QED) is 0.500. The fourth-order valence-corrected chi connectivity index (χ4v) is 4.38. The highest BCUT2D eigenvalue weighted by molar-refractivity contribution is 5.79. The number of aryl methyl sites for hydroxylation is 2. The average Bonchev–Trinajstić information content (AvgIpc) is 3.17. The molecule has 3 aliphatic heterocycles. The zero-order valence-electron chi connectivity index (χ0n) is 20.3. The van der Waals surface area contributed by atoms with Crippen LogP contribution in [0, 0.1) is 25.2 Å². The number of nitrogens with zero attached hydrogens (tertiary/aromatic N) is 5. The molecule has 3 aliphatic rings. The van der Waals surface area contributed by atoms with Crippen molar-refractivity contribution in [2.75, 3.05) is 19.6 Å². The van der Waals surface area contributed by atoms with E-state index in [4.69, 9.17) is 4.74 Å². The molecule has 1 atom stereocenters. The Kier molecular flexibility index (Phi) is 6.99. The van der Waals surface area contributed by atoms with Crippen LogP contribution >= 0.6 is 0 Å². The summed E-state index contributed by atoms with van der Waals surface area (Å²) < 4.78 is 8.35. The molecule has 0 radical (unpaired) electrons. The van der Waals surface area contributed by atoms with Crippen LogP contribution in [0.2, 0.25) is 0 Å². The first-order chi connectivity index (χ1) is 16.5. The van der Waals surface area contributed by atoms with Gasteiger partial charge in [-0.3, -0.25) is 9.69 Å². The predicted octanol–water partition coefficient (Wildman–Crippen LogP) is 4.40. The fourth-order valence-electron chi connectivity index (χ4n) is 4.38. The Morgan fingerprint density at radius 2 is 1.82 bits per heavy atom. The molecule has 7 heteroatoms. The second-order valence-corrected chi connectivity index (χ2v) is 8.54. The maximum atomic E-state index is 12.9. The first kappa shape index (κ1) is 23.5. The van der Waals surface area contributed by atoms with E-state index in [-0.39, 0.29) is 5.91 Å². The van der Waals surface area contributed by atoms with E-state index in [1.54, 1.807) is 0 Å². The van der Waals surface area contributed by atoms with Crippen molar-refractivity contribution in [1.82, 2.24) is 19.4 Å². The van der Waals surface area contributed by atoms with Gasteiger partial charge < -0.3 is 14.2 Å². The fraction of sp³-hybridized carbons (Fsp3) is 0.370. The summed E-state index contributed by atoms with van der Waals surface area (Å²) in [5.74, 6) is 2.25. The van der Waals surface area contributed by atoms with Crippen LogP contribution in [0.25, 0.3) is 0 Å². The number of carbonyl (C=O) groups excluding carboxylic acids is 1. The van der Waals surface area contributed by atoms with E-state index in [2.05, 4.69) is 20.5 Å². The number of piperazine rings is 1. The average molecular weight is 458 g/mol. The Labute approximate surface area is 201 Å². The summed E-state index contributed by atoms with van der Waals surface area (Å²) in [6.45, 7) is 11.8. The number of hydrogen-bond donors (Lipinski definition) is 0. The van der Waals surface area contributed by atoms with Crippen molar-refractivity contribution in [3.63, 3.8) is 0 Å². The van der Waals surface area contributed by atoms with Gasteiger partial charge in [0.05, 0.1) is 17.8 Å². The number of nitriles is 1. The first-order valence-corrected chi connectivity index (χ1v) is 11.8. The molecule has 3 aromatic rings. The van der Waals surface area contributed by atoms with Gasteiger partial charge in [-0.15, -0.1) is 0 Å². The van der Waals surface area contributed by atoms with Gasteiger partial charge in [-0.25, -0.2) is 4.98 Å². The van der Waals surface area contributed by atoms with Gasteiger partial charge in [0.1, 0.15) is 23.4 Å². The maximum absolute atomic E-state index is 12.9. The first-order valence-electron chi connectivity index (χ1n) is 11.8. The molecule has 2 aromatic carbocycles. The standard InChI is InChI=1S/C25H25N5O2.C2H6/c1-17-3-6-23-10-21(17)14-29-8-7-28(16-25(29)31)15-22-12-27-18(2)30(22)13-19-4-5-20(11-26)24(9-19)32-23;1-2/h3-6,9-10,12H,7-8,13-16H2,1-2H3;1-2H3. The van der Waals surface area contributed by atoms with Gasteiger partial charge in [-0.05, 0) is 54.8 Å². The van der Waals surface area contributed by atoms with E-state index in [0.29, 0.717) is 49.8 Å². The maximum Gasteiger partial charge on any atom is 0.237 e. The monoisotopic (exact) mass is 457 g/mol. The van der Waals surface area contributed by atoms with Gasteiger partial charge in [0.25, 0.3) is 0 Å². The molecule has 0 spiro atoms. The smallest absolute Gasteiger partial charge is 0.237 e. The van der Waals surface area contributed by atoms with Gasteiger partial charge in [0, 0.05) is 38.9 Å². The lowest BCUT2D eigenvalue weighted by atomic mass is 10.1. The molecule has 6 rings (SSSR count). The van der Waals surface area contributed by atoms with Crippen LogP contribution in [-0.2, 0) is 24.4 Å². The molecule has 4 heterocycles. The number of aromatic nitrogens is 2. The molecule has 6 bridgehead atoms. The lowest BCUT2D eigenvalue weighted by Gasteiger charge is -2.34. The van der Waals surface area contributed by atoms with Crippen LogP contribution in [0.5, 0.6) is 11.5 Å². The number of hydrogen-bond acceptors (Lipinski definition) is 5. The zero-order valence-corrected chi connectivity index (χ0v) is 20.3. The Morgan fingerprint density at radius 3 is 2.59 bits per heavy atom. The number of benzene rings is 2. The van der Waals surface area contributed by atoms with Gasteiger partial charge in [0.2, 0.25) is 5.91 Å². The topological polar surface area (TPSA) is 74.4 Å². The van der Waals surface area contributed by atoms with Crippen molar-refractivity contribution >= 4 is 5.91 Å². The summed E-state index contributed by atoms with van der Waals surface area (Å²) in [4.78, 5) is 21.5. The van der Waals surface area contributed by atoms with Crippen molar-refractivity contribution in [1.29, 1.82) is 5.26 Å². The molecule has 1 unspecified atom stereocenters. The van der Waals surface area contributed by atoms with E-state index >= 15 is 0 Å². The highest BCUT2D eigenvalue weighted by Crippen LogP contribution is 2.29. The largest absolute Gasteiger partial charge is 0.456 e. The molecule has 0 aliphatic carbocycles. The van der Waals surface area contributed by atoms with Crippen molar-refractivity contribution < 1.29 is 9.53 Å². The van der Waals surface area contributed by atoms with Crippen LogP contribution in [0.4, 0.5) is 0 Å². The lowest BCUT2D eigenvalue weighted by molar-refractivity contribution is -0.136. The minimum Gasteiger partial charge on any atom is -0.456 e. The third-order valence-corrected chi connectivity index (χ3v) is 6.34. The van der Waals surface area contributed by atoms with E-state index < -0.39 is 0 Å². The summed E-state index contributed by atoms with van der Waals surface area (Å²) in [6.07, 6.45) is 1.89. The predicted molar refractivity (Wildman–Crippen MR) is 131 cm³/mol. The lowest BCUT2D eigenvalue weighted by Crippen LogP contribution is -2.49. The summed E-state index contributed by atoms with van der Waals surface area (Å²) >= 11 is 0. The summed E-state index contributed by atoms with van der Waals surface area (Å²) in [7, 11) is 0. The molecule has 0 saturated carbocycles. The number of fused-ring (bicyclic) bond motifs is 2. The normalized spacial score (nSPS) is 17.2. The number of imidazole rings is 1. The van der Waals surface area contributed by atoms with E-state index in [1.165, 1.54) is 0 Å². The molecule has 34 heavy (non-hydrogen) atoms. The highest BCUT2D eigenvalue weighted by atomic mass is 16.5.